The van der Waals surface area contributed by atoms with Crippen LogP contribution in [0.1, 0.15) is 24.2 Å². The largest absolute Gasteiger partial charge is 0.331 e. The molecule has 0 spiro atoms. The second-order valence-electron chi connectivity index (χ2n) is 6.57. The highest BCUT2D eigenvalue weighted by Gasteiger charge is 2.17. The Kier molecular flexibility index (Phi) is 3.81. The second-order valence-corrected chi connectivity index (χ2v) is 6.57. The Hall–Kier alpha value is -2.27. The first-order chi connectivity index (χ1) is 11.6. The topological polar surface area (TPSA) is 34.0 Å². The van der Waals surface area contributed by atoms with Gasteiger partial charge in [-0.3, -0.25) is 9.88 Å². The molecule has 0 radical (unpaired) electrons. The van der Waals surface area contributed by atoms with Gasteiger partial charge in [-0.1, -0.05) is 6.07 Å². The van der Waals surface area contributed by atoms with Crippen molar-refractivity contribution >= 4 is 11.0 Å². The second kappa shape index (κ2) is 5.98. The van der Waals surface area contributed by atoms with Crippen LogP contribution in [0.4, 0.5) is 4.39 Å². The molecule has 2 aromatic heterocycles. The molecule has 124 valence electrons. The fourth-order valence-electron chi connectivity index (χ4n) is 3.56. The molecule has 3 heterocycles. The Morgan fingerprint density at radius 2 is 1.92 bits per heavy atom. The summed E-state index contributed by atoms with van der Waals surface area (Å²) >= 11 is 0. The maximum atomic E-state index is 14.6. The molecule has 4 nitrogen and oxygen atoms in total. The molecule has 4 rings (SSSR count). The summed E-state index contributed by atoms with van der Waals surface area (Å²) in [6, 6.07) is 5.43. The quantitative estimate of drug-likeness (QED) is 0.737. The van der Waals surface area contributed by atoms with Crippen molar-refractivity contribution in [2.75, 3.05) is 13.1 Å². The zero-order valence-electron chi connectivity index (χ0n) is 14.1. The van der Waals surface area contributed by atoms with E-state index in [0.29, 0.717) is 5.56 Å². The third kappa shape index (κ3) is 2.59. The molecule has 1 aliphatic heterocycles. The number of halogens is 1. The van der Waals surface area contributed by atoms with Crippen molar-refractivity contribution in [3.8, 4) is 11.1 Å². The number of likely N-dealkylation sites (tertiary alicyclic amines) is 1. The molecule has 1 aliphatic rings. The third-order valence-corrected chi connectivity index (χ3v) is 4.93. The molecule has 3 aromatic rings. The average Bonchev–Trinajstić information content (AvgIpc) is 3.18. The van der Waals surface area contributed by atoms with Gasteiger partial charge in [0.15, 0.2) is 0 Å². The number of pyridine rings is 1. The first-order valence-corrected chi connectivity index (χ1v) is 8.41. The van der Waals surface area contributed by atoms with Gasteiger partial charge in [-0.05, 0) is 50.6 Å². The predicted octanol–water partition coefficient (Wildman–Crippen LogP) is 3.68. The number of benzene rings is 1. The van der Waals surface area contributed by atoms with Gasteiger partial charge in [0, 0.05) is 30.9 Å². The van der Waals surface area contributed by atoms with Gasteiger partial charge in [0.25, 0.3) is 0 Å². The minimum atomic E-state index is -0.215. The van der Waals surface area contributed by atoms with Crippen LogP contribution in [0.5, 0.6) is 0 Å². The SMILES string of the molecule is Cc1nc2cncc(-c3cc(CN4CCCC4)ccc3F)c2n1C. The maximum Gasteiger partial charge on any atom is 0.131 e. The van der Waals surface area contributed by atoms with Crippen molar-refractivity contribution in [1.29, 1.82) is 0 Å². The summed E-state index contributed by atoms with van der Waals surface area (Å²) < 4.78 is 16.6. The minimum absolute atomic E-state index is 0.215. The van der Waals surface area contributed by atoms with E-state index in [1.165, 1.54) is 12.8 Å². The van der Waals surface area contributed by atoms with Crippen molar-refractivity contribution in [3.05, 3.63) is 47.8 Å². The number of nitrogens with zero attached hydrogens (tertiary/aromatic N) is 4. The molecule has 1 fully saturated rings. The molecule has 5 heteroatoms. The molecule has 0 amide bonds. The summed E-state index contributed by atoms with van der Waals surface area (Å²) in [7, 11) is 1.96. The number of aryl methyl sites for hydroxylation is 2. The summed E-state index contributed by atoms with van der Waals surface area (Å²) in [5.74, 6) is 0.682. The van der Waals surface area contributed by atoms with Gasteiger partial charge in [-0.15, -0.1) is 0 Å². The van der Waals surface area contributed by atoms with Crippen LogP contribution in [0, 0.1) is 12.7 Å². The zero-order chi connectivity index (χ0) is 16.7. The molecule has 1 aromatic carbocycles. The fourth-order valence-corrected chi connectivity index (χ4v) is 3.56. The van der Waals surface area contributed by atoms with Crippen molar-refractivity contribution in [2.45, 2.75) is 26.3 Å². The van der Waals surface area contributed by atoms with Crippen LogP contribution < -0.4 is 0 Å². The van der Waals surface area contributed by atoms with E-state index in [1.807, 2.05) is 30.7 Å². The van der Waals surface area contributed by atoms with Crippen molar-refractivity contribution in [1.82, 2.24) is 19.4 Å². The highest BCUT2D eigenvalue weighted by molar-refractivity contribution is 5.91. The summed E-state index contributed by atoms with van der Waals surface area (Å²) in [4.78, 5) is 11.2. The number of rotatable bonds is 3. The van der Waals surface area contributed by atoms with E-state index in [-0.39, 0.29) is 5.82 Å². The van der Waals surface area contributed by atoms with E-state index in [9.17, 15) is 4.39 Å². The van der Waals surface area contributed by atoms with Gasteiger partial charge in [0.1, 0.15) is 17.2 Å². The smallest absolute Gasteiger partial charge is 0.131 e. The minimum Gasteiger partial charge on any atom is -0.331 e. The molecule has 0 bridgehead atoms. The Labute approximate surface area is 141 Å². The van der Waals surface area contributed by atoms with E-state index < -0.39 is 0 Å². The van der Waals surface area contributed by atoms with E-state index in [2.05, 4.69) is 14.9 Å². The Bertz CT molecular complexity index is 894. The van der Waals surface area contributed by atoms with E-state index in [4.69, 9.17) is 0 Å². The Morgan fingerprint density at radius 3 is 2.71 bits per heavy atom. The molecule has 0 saturated carbocycles. The van der Waals surface area contributed by atoms with E-state index >= 15 is 0 Å². The number of fused-ring (bicyclic) bond motifs is 1. The lowest BCUT2D eigenvalue weighted by atomic mass is 10.0. The van der Waals surface area contributed by atoms with E-state index in [0.717, 1.165) is 47.6 Å². The van der Waals surface area contributed by atoms with Crippen LogP contribution >= 0.6 is 0 Å². The first-order valence-electron chi connectivity index (χ1n) is 8.41. The van der Waals surface area contributed by atoms with Gasteiger partial charge in [0.2, 0.25) is 0 Å². The highest BCUT2D eigenvalue weighted by Crippen LogP contribution is 2.31. The molecule has 0 N–H and O–H groups in total. The normalized spacial score (nSPS) is 15.5. The van der Waals surface area contributed by atoms with Crippen molar-refractivity contribution in [2.24, 2.45) is 7.05 Å². The summed E-state index contributed by atoms with van der Waals surface area (Å²) in [6.07, 6.45) is 5.98. The number of hydrogen-bond donors (Lipinski definition) is 0. The molecule has 1 saturated heterocycles. The van der Waals surface area contributed by atoms with E-state index in [1.54, 1.807) is 18.5 Å². The molecular weight excluding hydrogens is 303 g/mol. The van der Waals surface area contributed by atoms with Crippen LogP contribution in [0.2, 0.25) is 0 Å². The molecule has 0 aliphatic carbocycles. The summed E-state index contributed by atoms with van der Waals surface area (Å²) in [5, 5.41) is 0. The molecule has 24 heavy (non-hydrogen) atoms. The number of hydrogen-bond acceptors (Lipinski definition) is 3. The van der Waals surface area contributed by atoms with Crippen LogP contribution in [-0.2, 0) is 13.6 Å². The Morgan fingerprint density at radius 1 is 1.12 bits per heavy atom. The van der Waals surface area contributed by atoms with Crippen LogP contribution in [0.25, 0.3) is 22.2 Å². The average molecular weight is 324 g/mol. The van der Waals surface area contributed by atoms with Crippen LogP contribution in [0.3, 0.4) is 0 Å². The lowest BCUT2D eigenvalue weighted by Gasteiger charge is -2.16. The predicted molar refractivity (Wildman–Crippen MR) is 93.2 cm³/mol. The Balaban J connectivity index is 1.81. The monoisotopic (exact) mass is 324 g/mol. The fraction of sp³-hybridized carbons (Fsp3) is 0.368. The maximum absolute atomic E-state index is 14.6. The third-order valence-electron chi connectivity index (χ3n) is 4.93. The van der Waals surface area contributed by atoms with Crippen molar-refractivity contribution in [3.63, 3.8) is 0 Å². The summed E-state index contributed by atoms with van der Waals surface area (Å²) in [5.41, 5.74) is 4.28. The summed E-state index contributed by atoms with van der Waals surface area (Å²) in [6.45, 7) is 5.08. The van der Waals surface area contributed by atoms with Crippen molar-refractivity contribution < 1.29 is 4.39 Å². The standard InChI is InChI=1S/C19H21FN4/c1-13-22-18-11-21-10-16(19(18)23(13)2)15-9-14(5-6-17(15)20)12-24-7-3-4-8-24/h5-6,9-11H,3-4,7-8,12H2,1-2H3. The lowest BCUT2D eigenvalue weighted by Crippen LogP contribution is -2.18. The molecule has 0 unspecified atom stereocenters. The lowest BCUT2D eigenvalue weighted by molar-refractivity contribution is 0.331. The van der Waals surface area contributed by atoms with Gasteiger partial charge in [-0.25, -0.2) is 9.37 Å². The van der Waals surface area contributed by atoms with Gasteiger partial charge < -0.3 is 4.57 Å². The highest BCUT2D eigenvalue weighted by atomic mass is 19.1. The van der Waals surface area contributed by atoms with Gasteiger partial charge >= 0.3 is 0 Å². The van der Waals surface area contributed by atoms with Gasteiger partial charge in [-0.2, -0.15) is 0 Å². The number of aromatic nitrogens is 3. The first kappa shape index (κ1) is 15.3. The molecule has 0 atom stereocenters. The number of imidazole rings is 1. The van der Waals surface area contributed by atoms with Crippen LogP contribution in [0.15, 0.2) is 30.6 Å². The van der Waals surface area contributed by atoms with Gasteiger partial charge in [0.05, 0.1) is 11.7 Å². The van der Waals surface area contributed by atoms with Crippen LogP contribution in [-0.4, -0.2) is 32.5 Å². The zero-order valence-corrected chi connectivity index (χ0v) is 14.1. The molecular formula is C19H21FN4.